The summed E-state index contributed by atoms with van der Waals surface area (Å²) in [6.07, 6.45) is 3.87. The van der Waals surface area contributed by atoms with Gasteiger partial charge in [0.15, 0.2) is 11.6 Å². The van der Waals surface area contributed by atoms with Gasteiger partial charge in [-0.1, -0.05) is 19.1 Å². The standard InChI is InChI=1S/C14H15F2N3/c1-2-7-18-14(12-6-8-17-9-19-12)10-4-3-5-11(15)13(10)16/h3-6,8-9,14,18H,2,7H2,1H3. The Hall–Kier alpha value is -1.88. The van der Waals surface area contributed by atoms with E-state index in [0.29, 0.717) is 12.2 Å². The highest BCUT2D eigenvalue weighted by Gasteiger charge is 2.20. The van der Waals surface area contributed by atoms with E-state index in [-0.39, 0.29) is 5.56 Å². The minimum absolute atomic E-state index is 0.257. The smallest absolute Gasteiger partial charge is 0.163 e. The van der Waals surface area contributed by atoms with Gasteiger partial charge in [-0.2, -0.15) is 0 Å². The van der Waals surface area contributed by atoms with Gasteiger partial charge >= 0.3 is 0 Å². The summed E-state index contributed by atoms with van der Waals surface area (Å²) in [5.74, 6) is -1.69. The van der Waals surface area contributed by atoms with Crippen LogP contribution in [0.15, 0.2) is 36.8 Å². The minimum atomic E-state index is -0.852. The molecule has 2 rings (SSSR count). The van der Waals surface area contributed by atoms with Crippen LogP contribution in [0.25, 0.3) is 0 Å². The lowest BCUT2D eigenvalue weighted by atomic mass is 10.0. The molecule has 0 aliphatic heterocycles. The van der Waals surface area contributed by atoms with Crippen LogP contribution in [0.1, 0.15) is 30.6 Å². The highest BCUT2D eigenvalue weighted by Crippen LogP contribution is 2.24. The Kier molecular flexibility index (Phi) is 4.52. The van der Waals surface area contributed by atoms with Crippen molar-refractivity contribution in [1.82, 2.24) is 15.3 Å². The highest BCUT2D eigenvalue weighted by atomic mass is 19.2. The summed E-state index contributed by atoms with van der Waals surface area (Å²) in [7, 11) is 0. The molecule has 0 aliphatic rings. The Labute approximate surface area is 110 Å². The largest absolute Gasteiger partial charge is 0.305 e. The van der Waals surface area contributed by atoms with E-state index in [1.54, 1.807) is 18.3 Å². The number of hydrogen-bond acceptors (Lipinski definition) is 3. The molecule has 100 valence electrons. The van der Waals surface area contributed by atoms with E-state index in [2.05, 4.69) is 15.3 Å². The summed E-state index contributed by atoms with van der Waals surface area (Å²) in [5, 5.41) is 3.17. The summed E-state index contributed by atoms with van der Waals surface area (Å²) in [4.78, 5) is 7.95. The second-order valence-corrected chi connectivity index (χ2v) is 4.16. The maximum absolute atomic E-state index is 13.9. The third-order valence-electron chi connectivity index (χ3n) is 2.79. The van der Waals surface area contributed by atoms with Crippen molar-refractivity contribution < 1.29 is 8.78 Å². The molecule has 2 aromatic rings. The maximum atomic E-state index is 13.9. The fourth-order valence-corrected chi connectivity index (χ4v) is 1.88. The average molecular weight is 263 g/mol. The molecule has 1 heterocycles. The zero-order chi connectivity index (χ0) is 13.7. The van der Waals surface area contributed by atoms with Gasteiger partial charge in [0.05, 0.1) is 11.7 Å². The predicted molar refractivity (Wildman–Crippen MR) is 68.5 cm³/mol. The van der Waals surface area contributed by atoms with Crippen LogP contribution in [-0.4, -0.2) is 16.5 Å². The summed E-state index contributed by atoms with van der Waals surface area (Å²) >= 11 is 0. The molecule has 0 saturated carbocycles. The second kappa shape index (κ2) is 6.33. The van der Waals surface area contributed by atoms with Gasteiger partial charge in [0.2, 0.25) is 0 Å². The van der Waals surface area contributed by atoms with Crippen LogP contribution >= 0.6 is 0 Å². The monoisotopic (exact) mass is 263 g/mol. The normalized spacial score (nSPS) is 12.4. The summed E-state index contributed by atoms with van der Waals surface area (Å²) in [6.45, 7) is 2.69. The first-order valence-electron chi connectivity index (χ1n) is 6.17. The van der Waals surface area contributed by atoms with Gasteiger partial charge in [-0.25, -0.2) is 18.7 Å². The SMILES string of the molecule is CCCNC(c1ccncn1)c1cccc(F)c1F. The summed E-state index contributed by atoms with van der Waals surface area (Å²) in [6, 6.07) is 5.38. The van der Waals surface area contributed by atoms with Crippen molar-refractivity contribution in [3.05, 3.63) is 59.7 Å². The number of hydrogen-bond donors (Lipinski definition) is 1. The van der Waals surface area contributed by atoms with Crippen molar-refractivity contribution in [2.24, 2.45) is 0 Å². The van der Waals surface area contributed by atoms with Crippen LogP contribution < -0.4 is 5.32 Å². The maximum Gasteiger partial charge on any atom is 0.163 e. The second-order valence-electron chi connectivity index (χ2n) is 4.16. The fraction of sp³-hybridized carbons (Fsp3) is 0.286. The molecule has 1 aromatic carbocycles. The third kappa shape index (κ3) is 3.12. The molecule has 1 atom stereocenters. The van der Waals surface area contributed by atoms with Gasteiger partial charge in [0.1, 0.15) is 6.33 Å². The van der Waals surface area contributed by atoms with E-state index in [0.717, 1.165) is 12.5 Å². The topological polar surface area (TPSA) is 37.8 Å². The lowest BCUT2D eigenvalue weighted by Crippen LogP contribution is -2.25. The molecular weight excluding hydrogens is 248 g/mol. The van der Waals surface area contributed by atoms with Crippen molar-refractivity contribution in [3.8, 4) is 0 Å². The molecule has 3 nitrogen and oxygen atoms in total. The van der Waals surface area contributed by atoms with Gasteiger partial charge in [-0.15, -0.1) is 0 Å². The molecule has 1 aromatic heterocycles. The van der Waals surface area contributed by atoms with Gasteiger partial charge in [0.25, 0.3) is 0 Å². The molecule has 19 heavy (non-hydrogen) atoms. The first kappa shape index (κ1) is 13.5. The van der Waals surface area contributed by atoms with E-state index in [1.165, 1.54) is 12.4 Å². The zero-order valence-corrected chi connectivity index (χ0v) is 10.6. The van der Waals surface area contributed by atoms with Gasteiger partial charge < -0.3 is 5.32 Å². The Balaban J connectivity index is 2.40. The lowest BCUT2D eigenvalue weighted by molar-refractivity contribution is 0.477. The molecule has 0 fully saturated rings. The average Bonchev–Trinajstić information content (AvgIpc) is 2.45. The fourth-order valence-electron chi connectivity index (χ4n) is 1.88. The Bertz CT molecular complexity index is 531. The van der Waals surface area contributed by atoms with E-state index in [9.17, 15) is 8.78 Å². The molecule has 0 aliphatic carbocycles. The number of halogens is 2. The molecule has 1 N–H and O–H groups in total. The molecular formula is C14H15F2N3. The van der Waals surface area contributed by atoms with Crippen molar-refractivity contribution in [2.75, 3.05) is 6.54 Å². The Morgan fingerprint density at radius 3 is 2.79 bits per heavy atom. The van der Waals surface area contributed by atoms with Crippen LogP contribution in [0, 0.1) is 11.6 Å². The van der Waals surface area contributed by atoms with Crippen molar-refractivity contribution in [2.45, 2.75) is 19.4 Å². The van der Waals surface area contributed by atoms with Crippen molar-refractivity contribution >= 4 is 0 Å². The molecule has 0 radical (unpaired) electrons. The predicted octanol–water partition coefficient (Wildman–Crippen LogP) is 2.84. The van der Waals surface area contributed by atoms with Crippen LogP contribution in [-0.2, 0) is 0 Å². The van der Waals surface area contributed by atoms with Crippen LogP contribution in [0.2, 0.25) is 0 Å². The van der Waals surface area contributed by atoms with E-state index < -0.39 is 17.7 Å². The molecule has 0 amide bonds. The molecule has 1 unspecified atom stereocenters. The van der Waals surface area contributed by atoms with Gasteiger partial charge in [0, 0.05) is 11.8 Å². The van der Waals surface area contributed by atoms with E-state index >= 15 is 0 Å². The molecule has 5 heteroatoms. The van der Waals surface area contributed by atoms with Crippen LogP contribution in [0.3, 0.4) is 0 Å². The first-order valence-corrected chi connectivity index (χ1v) is 6.17. The van der Waals surface area contributed by atoms with Gasteiger partial charge in [-0.3, -0.25) is 0 Å². The van der Waals surface area contributed by atoms with Crippen LogP contribution in [0.5, 0.6) is 0 Å². The Morgan fingerprint density at radius 2 is 2.11 bits per heavy atom. The van der Waals surface area contributed by atoms with E-state index in [4.69, 9.17) is 0 Å². The number of aromatic nitrogens is 2. The third-order valence-corrected chi connectivity index (χ3v) is 2.79. The van der Waals surface area contributed by atoms with Gasteiger partial charge in [-0.05, 0) is 25.1 Å². The van der Waals surface area contributed by atoms with Crippen molar-refractivity contribution in [3.63, 3.8) is 0 Å². The van der Waals surface area contributed by atoms with E-state index in [1.807, 2.05) is 6.92 Å². The molecule has 0 saturated heterocycles. The zero-order valence-electron chi connectivity index (χ0n) is 10.6. The number of nitrogens with zero attached hydrogens (tertiary/aromatic N) is 2. The van der Waals surface area contributed by atoms with Crippen LogP contribution in [0.4, 0.5) is 8.78 Å². The lowest BCUT2D eigenvalue weighted by Gasteiger charge is -2.19. The molecule has 0 spiro atoms. The molecule has 0 bridgehead atoms. The quantitative estimate of drug-likeness (QED) is 0.901. The van der Waals surface area contributed by atoms with Crippen molar-refractivity contribution in [1.29, 1.82) is 0 Å². The number of rotatable bonds is 5. The minimum Gasteiger partial charge on any atom is -0.305 e. The number of nitrogens with one attached hydrogen (secondary N) is 1. The summed E-state index contributed by atoms with van der Waals surface area (Å²) in [5.41, 5.74) is 0.875. The highest BCUT2D eigenvalue weighted by molar-refractivity contribution is 5.29. The number of benzene rings is 1. The first-order chi connectivity index (χ1) is 9.24. The Morgan fingerprint density at radius 1 is 1.26 bits per heavy atom. The summed E-state index contributed by atoms with van der Waals surface area (Å²) < 4.78 is 27.2.